The number of nitrogens with zero attached hydrogens (tertiary/aromatic N) is 2. The first-order valence-corrected chi connectivity index (χ1v) is 9.37. The molecule has 1 atom stereocenters. The van der Waals surface area contributed by atoms with Crippen molar-refractivity contribution in [2.45, 2.75) is 19.3 Å². The Kier molecular flexibility index (Phi) is 4.42. The summed E-state index contributed by atoms with van der Waals surface area (Å²) in [5.41, 5.74) is 1.53. The zero-order valence-electron chi connectivity index (χ0n) is 14.0. The van der Waals surface area contributed by atoms with Crippen LogP contribution >= 0.6 is 11.3 Å². The van der Waals surface area contributed by atoms with E-state index in [1.165, 1.54) is 11.3 Å². The van der Waals surface area contributed by atoms with Gasteiger partial charge in [-0.1, -0.05) is 29.5 Å². The van der Waals surface area contributed by atoms with Crippen LogP contribution in [0.1, 0.15) is 28.2 Å². The van der Waals surface area contributed by atoms with E-state index in [0.717, 1.165) is 17.8 Å². The lowest BCUT2D eigenvalue weighted by molar-refractivity contribution is -0.122. The summed E-state index contributed by atoms with van der Waals surface area (Å²) in [4.78, 5) is 43.4. The van der Waals surface area contributed by atoms with E-state index in [0.29, 0.717) is 29.5 Å². The Morgan fingerprint density at radius 2 is 2.08 bits per heavy atom. The van der Waals surface area contributed by atoms with Crippen molar-refractivity contribution in [2.75, 3.05) is 23.3 Å². The van der Waals surface area contributed by atoms with E-state index in [9.17, 15) is 14.4 Å². The molecule has 8 heteroatoms. The number of aryl methyl sites for hydroxylation is 1. The second-order valence-corrected chi connectivity index (χ2v) is 7.38. The first-order valence-electron chi connectivity index (χ1n) is 8.56. The third-order valence-electron chi connectivity index (χ3n) is 4.57. The quantitative estimate of drug-likeness (QED) is 0.862. The van der Waals surface area contributed by atoms with Gasteiger partial charge in [-0.05, 0) is 25.0 Å². The Morgan fingerprint density at radius 1 is 1.27 bits per heavy atom. The van der Waals surface area contributed by atoms with E-state index in [-0.39, 0.29) is 24.1 Å². The number of aromatic nitrogens is 1. The van der Waals surface area contributed by atoms with E-state index in [1.807, 2.05) is 30.3 Å². The number of fused-ring (bicyclic) bond motifs is 1. The van der Waals surface area contributed by atoms with Gasteiger partial charge in [0, 0.05) is 25.2 Å². The second-order valence-electron chi connectivity index (χ2n) is 6.38. The fourth-order valence-electron chi connectivity index (χ4n) is 3.24. The number of nitrogens with one attached hydrogen (secondary N) is 2. The summed E-state index contributed by atoms with van der Waals surface area (Å²) in [5, 5.41) is 6.02. The third-order valence-corrected chi connectivity index (χ3v) is 5.59. The van der Waals surface area contributed by atoms with Crippen LogP contribution in [0.2, 0.25) is 0 Å². The fraction of sp³-hybridized carbons (Fsp3) is 0.333. The highest BCUT2D eigenvalue weighted by molar-refractivity contribution is 7.17. The molecule has 1 unspecified atom stereocenters. The number of thiazole rings is 1. The lowest BCUT2D eigenvalue weighted by atomic mass is 10.1. The van der Waals surface area contributed by atoms with Gasteiger partial charge in [-0.25, -0.2) is 4.98 Å². The number of hydrogen-bond acceptors (Lipinski definition) is 5. The molecule has 26 heavy (non-hydrogen) atoms. The molecule has 1 aromatic carbocycles. The van der Waals surface area contributed by atoms with Crippen molar-refractivity contribution in [1.82, 2.24) is 10.3 Å². The van der Waals surface area contributed by atoms with Crippen molar-refractivity contribution in [3.63, 3.8) is 0 Å². The smallest absolute Gasteiger partial charge is 0.263 e. The lowest BCUT2D eigenvalue weighted by Crippen LogP contribution is -2.28. The number of carbonyl (C=O) groups excluding carboxylic acids is 3. The molecule has 4 rings (SSSR count). The van der Waals surface area contributed by atoms with Crippen LogP contribution in [0.15, 0.2) is 30.3 Å². The Hall–Kier alpha value is -2.74. The standard InChI is InChI=1S/C18H18N4O3S/c23-14-9-11(10-22(14)12-5-2-1-3-6-12)16(24)21-18-20-13-7-4-8-19-17(25)15(13)26-18/h1-3,5-6,11H,4,7-10H2,(H,19,25)(H,20,21,24). The Bertz CT molecular complexity index is 865. The van der Waals surface area contributed by atoms with Gasteiger partial charge in [-0.3, -0.25) is 14.4 Å². The van der Waals surface area contributed by atoms with Crippen molar-refractivity contribution in [1.29, 1.82) is 0 Å². The molecule has 0 radical (unpaired) electrons. The highest BCUT2D eigenvalue weighted by Crippen LogP contribution is 2.28. The van der Waals surface area contributed by atoms with Gasteiger partial charge in [0.15, 0.2) is 5.13 Å². The van der Waals surface area contributed by atoms with E-state index >= 15 is 0 Å². The molecule has 1 saturated heterocycles. The number of para-hydroxylation sites is 1. The molecule has 134 valence electrons. The average molecular weight is 370 g/mol. The summed E-state index contributed by atoms with van der Waals surface area (Å²) < 4.78 is 0. The van der Waals surface area contributed by atoms with Crippen molar-refractivity contribution >= 4 is 39.9 Å². The Morgan fingerprint density at radius 3 is 2.88 bits per heavy atom. The van der Waals surface area contributed by atoms with Gasteiger partial charge in [0.2, 0.25) is 11.8 Å². The summed E-state index contributed by atoms with van der Waals surface area (Å²) in [5.74, 6) is -0.867. The maximum atomic E-state index is 12.6. The maximum Gasteiger partial charge on any atom is 0.263 e. The number of hydrogen-bond donors (Lipinski definition) is 2. The normalized spacial score (nSPS) is 19.7. The minimum atomic E-state index is -0.430. The first kappa shape index (κ1) is 16.7. The summed E-state index contributed by atoms with van der Waals surface area (Å²) in [6.45, 7) is 0.989. The Balaban J connectivity index is 1.45. The lowest BCUT2D eigenvalue weighted by Gasteiger charge is -2.16. The van der Waals surface area contributed by atoms with Gasteiger partial charge in [-0.15, -0.1) is 0 Å². The van der Waals surface area contributed by atoms with Crippen LogP contribution < -0.4 is 15.5 Å². The highest BCUT2D eigenvalue weighted by atomic mass is 32.1. The predicted octanol–water partition coefficient (Wildman–Crippen LogP) is 1.81. The molecule has 1 fully saturated rings. The molecule has 0 spiro atoms. The summed E-state index contributed by atoms with van der Waals surface area (Å²) >= 11 is 1.19. The largest absolute Gasteiger partial charge is 0.351 e. The van der Waals surface area contributed by atoms with Crippen LogP contribution in [0.25, 0.3) is 0 Å². The molecular weight excluding hydrogens is 352 g/mol. The SMILES string of the molecule is O=C1NCCCc2nc(NC(=O)C3CC(=O)N(c4ccccc4)C3)sc21. The molecule has 7 nitrogen and oxygen atoms in total. The highest BCUT2D eigenvalue weighted by Gasteiger charge is 2.35. The number of anilines is 2. The molecule has 2 aromatic rings. The summed E-state index contributed by atoms with van der Waals surface area (Å²) in [6, 6.07) is 9.33. The zero-order chi connectivity index (χ0) is 18.1. The average Bonchev–Trinajstić information content (AvgIpc) is 3.18. The zero-order valence-corrected chi connectivity index (χ0v) is 14.8. The Labute approximate surface area is 154 Å². The molecule has 3 amide bonds. The van der Waals surface area contributed by atoms with Gasteiger partial charge in [0.25, 0.3) is 5.91 Å². The molecule has 0 saturated carbocycles. The van der Waals surface area contributed by atoms with Crippen LogP contribution in [0.4, 0.5) is 10.8 Å². The van der Waals surface area contributed by atoms with E-state index in [1.54, 1.807) is 4.90 Å². The summed E-state index contributed by atoms with van der Waals surface area (Å²) in [6.07, 6.45) is 1.72. The van der Waals surface area contributed by atoms with Gasteiger partial charge >= 0.3 is 0 Å². The van der Waals surface area contributed by atoms with Gasteiger partial charge in [-0.2, -0.15) is 0 Å². The summed E-state index contributed by atoms with van der Waals surface area (Å²) in [7, 11) is 0. The van der Waals surface area contributed by atoms with Crippen LogP contribution in [-0.2, 0) is 16.0 Å². The van der Waals surface area contributed by atoms with E-state index < -0.39 is 5.92 Å². The van der Waals surface area contributed by atoms with Crippen LogP contribution in [0.5, 0.6) is 0 Å². The number of rotatable bonds is 3. The first-order chi connectivity index (χ1) is 12.6. The molecule has 0 aliphatic carbocycles. The topological polar surface area (TPSA) is 91.4 Å². The third kappa shape index (κ3) is 3.20. The van der Waals surface area contributed by atoms with Crippen molar-refractivity contribution in [2.24, 2.45) is 5.92 Å². The van der Waals surface area contributed by atoms with E-state index in [4.69, 9.17) is 0 Å². The molecule has 1 aromatic heterocycles. The molecule has 0 bridgehead atoms. The van der Waals surface area contributed by atoms with Crippen LogP contribution in [0, 0.1) is 5.92 Å². The number of amides is 3. The molecule has 2 aliphatic heterocycles. The maximum absolute atomic E-state index is 12.6. The van der Waals surface area contributed by atoms with Crippen molar-refractivity contribution in [3.05, 3.63) is 40.9 Å². The monoisotopic (exact) mass is 370 g/mol. The van der Waals surface area contributed by atoms with E-state index in [2.05, 4.69) is 15.6 Å². The van der Waals surface area contributed by atoms with Gasteiger partial charge < -0.3 is 15.5 Å². The minimum absolute atomic E-state index is 0.0642. The predicted molar refractivity (Wildman–Crippen MR) is 98.3 cm³/mol. The molecule has 2 N–H and O–H groups in total. The van der Waals surface area contributed by atoms with Crippen molar-refractivity contribution in [3.8, 4) is 0 Å². The van der Waals surface area contributed by atoms with Crippen LogP contribution in [-0.4, -0.2) is 35.8 Å². The second kappa shape index (κ2) is 6.87. The van der Waals surface area contributed by atoms with Gasteiger partial charge in [0.05, 0.1) is 11.6 Å². The van der Waals surface area contributed by atoms with Crippen molar-refractivity contribution < 1.29 is 14.4 Å². The minimum Gasteiger partial charge on any atom is -0.351 e. The number of benzene rings is 1. The molecule has 3 heterocycles. The molecule has 2 aliphatic rings. The van der Waals surface area contributed by atoms with Crippen LogP contribution in [0.3, 0.4) is 0 Å². The molecular formula is C18H18N4O3S. The number of carbonyl (C=O) groups is 3. The fourth-order valence-corrected chi connectivity index (χ4v) is 4.17. The van der Waals surface area contributed by atoms with Gasteiger partial charge in [0.1, 0.15) is 4.88 Å².